The van der Waals surface area contributed by atoms with Gasteiger partial charge in [0.2, 0.25) is 0 Å². The van der Waals surface area contributed by atoms with E-state index in [0.29, 0.717) is 18.0 Å². The first-order valence-electron chi connectivity index (χ1n) is 8.93. The highest BCUT2D eigenvalue weighted by molar-refractivity contribution is 5.99. The molecular weight excluding hydrogens is 342 g/mol. The van der Waals surface area contributed by atoms with Gasteiger partial charge in [0.15, 0.2) is 0 Å². The first-order chi connectivity index (χ1) is 13.2. The van der Waals surface area contributed by atoms with Crippen molar-refractivity contribution in [3.63, 3.8) is 0 Å². The number of rotatable bonds is 7. The van der Waals surface area contributed by atoms with Gasteiger partial charge in [-0.3, -0.25) is 4.57 Å². The predicted octanol–water partition coefficient (Wildman–Crippen LogP) is 4.40. The summed E-state index contributed by atoms with van der Waals surface area (Å²) in [6, 6.07) is 10.6. The van der Waals surface area contributed by atoms with Gasteiger partial charge in [0, 0.05) is 18.1 Å². The number of anilines is 2. The zero-order valence-corrected chi connectivity index (χ0v) is 15.5. The van der Waals surface area contributed by atoms with Crippen LogP contribution >= 0.6 is 0 Å². The van der Waals surface area contributed by atoms with E-state index in [-0.39, 0.29) is 6.03 Å². The van der Waals surface area contributed by atoms with Crippen molar-refractivity contribution in [1.29, 1.82) is 0 Å². The Balaban J connectivity index is 1.54. The minimum absolute atomic E-state index is 0.331. The van der Waals surface area contributed by atoms with Gasteiger partial charge in [-0.1, -0.05) is 13.3 Å². The summed E-state index contributed by atoms with van der Waals surface area (Å²) >= 11 is 0. The minimum Gasteiger partial charge on any atom is -0.494 e. The third kappa shape index (κ3) is 5.07. The minimum atomic E-state index is -0.331. The lowest BCUT2D eigenvalue weighted by molar-refractivity contribution is 0.262. The molecule has 3 rings (SSSR count). The van der Waals surface area contributed by atoms with Crippen LogP contribution < -0.4 is 15.4 Å². The van der Waals surface area contributed by atoms with Crippen LogP contribution in [0.3, 0.4) is 0 Å². The molecule has 2 amide bonds. The number of pyridine rings is 1. The number of benzene rings is 1. The van der Waals surface area contributed by atoms with Gasteiger partial charge in [-0.25, -0.2) is 14.8 Å². The molecule has 0 saturated carbocycles. The summed E-state index contributed by atoms with van der Waals surface area (Å²) in [6.07, 6.45) is 7.29. The Morgan fingerprint density at radius 3 is 2.44 bits per heavy atom. The van der Waals surface area contributed by atoms with E-state index in [4.69, 9.17) is 4.74 Å². The lowest BCUT2D eigenvalue weighted by Gasteiger charge is -2.10. The van der Waals surface area contributed by atoms with Crippen LogP contribution in [0.2, 0.25) is 0 Å². The second kappa shape index (κ2) is 8.84. The molecule has 0 radical (unpaired) electrons. The molecule has 2 heterocycles. The van der Waals surface area contributed by atoms with Crippen LogP contribution in [-0.2, 0) is 0 Å². The second-order valence-electron chi connectivity index (χ2n) is 6.06. The molecule has 0 bridgehead atoms. The number of carbonyl (C=O) groups is 1. The van der Waals surface area contributed by atoms with Crippen LogP contribution in [0.4, 0.5) is 16.2 Å². The normalized spacial score (nSPS) is 10.4. The Morgan fingerprint density at radius 2 is 1.81 bits per heavy atom. The second-order valence-corrected chi connectivity index (χ2v) is 6.06. The standard InChI is InChI=1S/C20H23N5O2/c1-3-4-13-27-18-8-5-16(6-9-18)23-20(26)24-17-7-10-19(22-14-17)25-12-11-21-15(25)2/h5-12,14H,3-4,13H2,1-2H3,(H2,23,24,26). The van der Waals surface area contributed by atoms with Gasteiger partial charge < -0.3 is 15.4 Å². The van der Waals surface area contributed by atoms with Crippen molar-refractivity contribution in [3.05, 3.63) is 60.8 Å². The van der Waals surface area contributed by atoms with Crippen LogP contribution in [0.25, 0.3) is 5.82 Å². The number of nitrogens with one attached hydrogen (secondary N) is 2. The number of urea groups is 1. The molecule has 2 N–H and O–H groups in total. The summed E-state index contributed by atoms with van der Waals surface area (Å²) in [7, 11) is 0. The highest BCUT2D eigenvalue weighted by Crippen LogP contribution is 2.17. The maximum absolute atomic E-state index is 12.1. The lowest BCUT2D eigenvalue weighted by atomic mass is 10.3. The first kappa shape index (κ1) is 18.4. The smallest absolute Gasteiger partial charge is 0.323 e. The lowest BCUT2D eigenvalue weighted by Crippen LogP contribution is -2.19. The van der Waals surface area contributed by atoms with Gasteiger partial charge in [0.25, 0.3) is 0 Å². The number of unbranched alkanes of at least 4 members (excludes halogenated alkanes) is 1. The highest BCUT2D eigenvalue weighted by atomic mass is 16.5. The molecule has 0 fully saturated rings. The van der Waals surface area contributed by atoms with E-state index in [1.807, 2.05) is 48.0 Å². The van der Waals surface area contributed by atoms with Crippen molar-refractivity contribution < 1.29 is 9.53 Å². The zero-order chi connectivity index (χ0) is 19.1. The average Bonchev–Trinajstić information content (AvgIpc) is 3.10. The Labute approximate surface area is 158 Å². The van der Waals surface area contributed by atoms with E-state index in [0.717, 1.165) is 30.2 Å². The Bertz CT molecular complexity index is 872. The van der Waals surface area contributed by atoms with E-state index < -0.39 is 0 Å². The number of hydrogen-bond acceptors (Lipinski definition) is 4. The maximum atomic E-state index is 12.1. The molecule has 7 nitrogen and oxygen atoms in total. The largest absolute Gasteiger partial charge is 0.494 e. The third-order valence-electron chi connectivity index (χ3n) is 3.96. The number of ether oxygens (including phenoxy) is 1. The van der Waals surface area contributed by atoms with E-state index in [1.165, 1.54) is 0 Å². The molecule has 7 heteroatoms. The van der Waals surface area contributed by atoms with Crippen LogP contribution in [0, 0.1) is 6.92 Å². The quantitative estimate of drug-likeness (QED) is 0.608. The molecule has 140 valence electrons. The maximum Gasteiger partial charge on any atom is 0.323 e. The molecule has 0 unspecified atom stereocenters. The van der Waals surface area contributed by atoms with Crippen LogP contribution in [0.1, 0.15) is 25.6 Å². The third-order valence-corrected chi connectivity index (χ3v) is 3.96. The zero-order valence-electron chi connectivity index (χ0n) is 15.5. The Hall–Kier alpha value is -3.35. The average molecular weight is 365 g/mol. The van der Waals surface area contributed by atoms with Crippen molar-refractivity contribution in [3.8, 4) is 11.6 Å². The van der Waals surface area contributed by atoms with E-state index in [9.17, 15) is 4.79 Å². The molecule has 0 saturated heterocycles. The summed E-state index contributed by atoms with van der Waals surface area (Å²) < 4.78 is 7.48. The highest BCUT2D eigenvalue weighted by Gasteiger charge is 2.05. The Kier molecular flexibility index (Phi) is 6.04. The fourth-order valence-electron chi connectivity index (χ4n) is 2.48. The van der Waals surface area contributed by atoms with E-state index >= 15 is 0 Å². The van der Waals surface area contributed by atoms with Gasteiger partial charge in [0.05, 0.1) is 18.5 Å². The number of imidazole rings is 1. The summed E-state index contributed by atoms with van der Waals surface area (Å²) in [6.45, 7) is 4.73. The summed E-state index contributed by atoms with van der Waals surface area (Å²) in [5.41, 5.74) is 1.29. The summed E-state index contributed by atoms with van der Waals surface area (Å²) in [4.78, 5) is 20.7. The van der Waals surface area contributed by atoms with Gasteiger partial charge in [-0.2, -0.15) is 0 Å². The first-order valence-corrected chi connectivity index (χ1v) is 8.93. The Morgan fingerprint density at radius 1 is 1.07 bits per heavy atom. The van der Waals surface area contributed by atoms with E-state index in [2.05, 4.69) is 27.5 Å². The van der Waals surface area contributed by atoms with Crippen molar-refractivity contribution in [2.24, 2.45) is 0 Å². The monoisotopic (exact) mass is 365 g/mol. The summed E-state index contributed by atoms with van der Waals surface area (Å²) in [5.74, 6) is 2.39. The number of hydrogen-bond donors (Lipinski definition) is 2. The number of amides is 2. The van der Waals surface area contributed by atoms with E-state index in [1.54, 1.807) is 18.5 Å². The molecule has 0 atom stereocenters. The number of aryl methyl sites for hydroxylation is 1. The molecule has 3 aromatic rings. The molecule has 0 aliphatic rings. The molecule has 27 heavy (non-hydrogen) atoms. The number of nitrogens with zero attached hydrogens (tertiary/aromatic N) is 3. The number of carbonyl (C=O) groups excluding carboxylic acids is 1. The fourth-order valence-corrected chi connectivity index (χ4v) is 2.48. The summed E-state index contributed by atoms with van der Waals surface area (Å²) in [5, 5.41) is 5.55. The van der Waals surface area contributed by atoms with Crippen LogP contribution in [0.15, 0.2) is 55.0 Å². The molecule has 2 aromatic heterocycles. The van der Waals surface area contributed by atoms with Gasteiger partial charge in [-0.15, -0.1) is 0 Å². The molecule has 0 spiro atoms. The SMILES string of the molecule is CCCCOc1ccc(NC(=O)Nc2ccc(-n3ccnc3C)nc2)cc1. The van der Waals surface area contributed by atoms with Gasteiger partial charge in [-0.05, 0) is 49.7 Å². The number of aromatic nitrogens is 3. The topological polar surface area (TPSA) is 81.1 Å². The van der Waals surface area contributed by atoms with Gasteiger partial charge in [0.1, 0.15) is 17.4 Å². The van der Waals surface area contributed by atoms with Crippen molar-refractivity contribution in [2.45, 2.75) is 26.7 Å². The molecule has 1 aromatic carbocycles. The fraction of sp³-hybridized carbons (Fsp3) is 0.250. The van der Waals surface area contributed by atoms with Crippen molar-refractivity contribution in [2.75, 3.05) is 17.2 Å². The molecule has 0 aliphatic carbocycles. The van der Waals surface area contributed by atoms with Crippen LogP contribution in [-0.4, -0.2) is 27.2 Å². The van der Waals surface area contributed by atoms with Crippen LogP contribution in [0.5, 0.6) is 5.75 Å². The molecular formula is C20H23N5O2. The predicted molar refractivity (Wildman–Crippen MR) is 106 cm³/mol. The van der Waals surface area contributed by atoms with Crippen molar-refractivity contribution >= 4 is 17.4 Å². The van der Waals surface area contributed by atoms with Crippen molar-refractivity contribution in [1.82, 2.24) is 14.5 Å². The molecule has 0 aliphatic heterocycles. The van der Waals surface area contributed by atoms with Gasteiger partial charge >= 0.3 is 6.03 Å².